The summed E-state index contributed by atoms with van der Waals surface area (Å²) in [6.45, 7) is 3.75. The number of benzene rings is 1. The van der Waals surface area contributed by atoms with Gasteiger partial charge >= 0.3 is 0 Å². The Hall–Kier alpha value is -0.120. The van der Waals surface area contributed by atoms with E-state index >= 15 is 0 Å². The van der Waals surface area contributed by atoms with Crippen LogP contribution in [0, 0.1) is 0 Å². The highest BCUT2D eigenvalue weighted by Gasteiger charge is 2.10. The van der Waals surface area contributed by atoms with Crippen molar-refractivity contribution in [2.75, 3.05) is 7.05 Å². The van der Waals surface area contributed by atoms with Gasteiger partial charge in [-0.2, -0.15) is 0 Å². The summed E-state index contributed by atoms with van der Waals surface area (Å²) in [5, 5.41) is 3.40. The lowest BCUT2D eigenvalue weighted by atomic mass is 10.0. The molecule has 0 aliphatic heterocycles. The third kappa shape index (κ3) is 5.68. The number of hydrogen-bond acceptors (Lipinski definition) is 1. The van der Waals surface area contributed by atoms with Gasteiger partial charge in [0.2, 0.25) is 0 Å². The van der Waals surface area contributed by atoms with Gasteiger partial charge < -0.3 is 5.32 Å². The molecule has 100 valence electrons. The van der Waals surface area contributed by atoms with Crippen molar-refractivity contribution in [1.29, 1.82) is 0 Å². The quantitative estimate of drug-likeness (QED) is 0.460. The van der Waals surface area contributed by atoms with Gasteiger partial charge in [0, 0.05) is 15.0 Å². The van der Waals surface area contributed by atoms with Crippen LogP contribution in [0.3, 0.4) is 0 Å². The van der Waals surface area contributed by atoms with Gasteiger partial charge in [-0.3, -0.25) is 0 Å². The number of rotatable bonds is 8. The molecular formula is C15H21Br2N. The van der Waals surface area contributed by atoms with Gasteiger partial charge in [0.05, 0.1) is 0 Å². The fraction of sp³-hybridized carbons (Fsp3) is 0.467. The highest BCUT2D eigenvalue weighted by Crippen LogP contribution is 2.27. The third-order valence-corrected chi connectivity index (χ3v) is 3.95. The van der Waals surface area contributed by atoms with Crippen molar-refractivity contribution in [2.45, 2.75) is 38.1 Å². The van der Waals surface area contributed by atoms with E-state index < -0.39 is 0 Å². The topological polar surface area (TPSA) is 12.0 Å². The van der Waals surface area contributed by atoms with Crippen LogP contribution in [0.4, 0.5) is 0 Å². The Balaban J connectivity index is 2.51. The van der Waals surface area contributed by atoms with Crippen molar-refractivity contribution >= 4 is 31.9 Å². The van der Waals surface area contributed by atoms with E-state index in [9.17, 15) is 0 Å². The highest BCUT2D eigenvalue weighted by molar-refractivity contribution is 9.11. The molecule has 1 aromatic rings. The Kier molecular flexibility index (Phi) is 7.87. The van der Waals surface area contributed by atoms with Crippen molar-refractivity contribution in [3.8, 4) is 0 Å². The molecule has 0 heterocycles. The molecule has 3 heteroatoms. The van der Waals surface area contributed by atoms with Crippen molar-refractivity contribution in [3.05, 3.63) is 45.4 Å². The van der Waals surface area contributed by atoms with E-state index in [4.69, 9.17) is 0 Å². The molecular weight excluding hydrogens is 354 g/mol. The van der Waals surface area contributed by atoms with Crippen molar-refractivity contribution in [1.82, 2.24) is 5.32 Å². The summed E-state index contributed by atoms with van der Waals surface area (Å²) in [5.74, 6) is 0. The van der Waals surface area contributed by atoms with E-state index in [-0.39, 0.29) is 0 Å². The minimum Gasteiger partial charge on any atom is -0.313 e. The van der Waals surface area contributed by atoms with Gasteiger partial charge in [-0.15, -0.1) is 6.58 Å². The molecule has 1 N–H and O–H groups in total. The molecule has 0 radical (unpaired) electrons. The minimum atomic E-state index is 0.433. The first kappa shape index (κ1) is 15.9. The third-order valence-electron chi connectivity index (χ3n) is 3.04. The van der Waals surface area contributed by atoms with Crippen molar-refractivity contribution in [3.63, 3.8) is 0 Å². The van der Waals surface area contributed by atoms with Crippen molar-refractivity contribution in [2.24, 2.45) is 0 Å². The molecule has 1 unspecified atom stereocenters. The minimum absolute atomic E-state index is 0.433. The van der Waals surface area contributed by atoms with Crippen LogP contribution >= 0.6 is 31.9 Å². The largest absolute Gasteiger partial charge is 0.313 e. The van der Waals surface area contributed by atoms with Gasteiger partial charge in [0.25, 0.3) is 0 Å². The lowest BCUT2D eigenvalue weighted by Gasteiger charge is -2.17. The molecule has 1 atom stereocenters. The molecule has 1 aromatic carbocycles. The molecule has 0 aromatic heterocycles. The van der Waals surface area contributed by atoms with E-state index in [1.54, 1.807) is 0 Å². The monoisotopic (exact) mass is 373 g/mol. The second kappa shape index (κ2) is 8.89. The van der Waals surface area contributed by atoms with Crippen LogP contribution in [-0.4, -0.2) is 7.05 Å². The van der Waals surface area contributed by atoms with Gasteiger partial charge in [0.1, 0.15) is 0 Å². The zero-order valence-electron chi connectivity index (χ0n) is 10.9. The summed E-state index contributed by atoms with van der Waals surface area (Å²) in [6, 6.07) is 6.88. The molecule has 0 amide bonds. The first-order chi connectivity index (χ1) is 8.67. The maximum atomic E-state index is 3.75. The summed E-state index contributed by atoms with van der Waals surface area (Å²) in [4.78, 5) is 0. The fourth-order valence-corrected chi connectivity index (χ4v) is 3.40. The van der Waals surface area contributed by atoms with Gasteiger partial charge in [-0.1, -0.05) is 50.8 Å². The van der Waals surface area contributed by atoms with E-state index in [0.717, 1.165) is 15.4 Å². The van der Waals surface area contributed by atoms with Gasteiger partial charge in [-0.25, -0.2) is 0 Å². The zero-order chi connectivity index (χ0) is 13.4. The molecule has 0 bridgehead atoms. The standard InChI is InChI=1S/C15H21Br2N/c1-3-4-5-6-7-8-15(18-2)12-9-13(16)11-14(17)10-12/h3,9-11,15,18H,1,4-8H2,2H3. The van der Waals surface area contributed by atoms with Crippen LogP contribution in [-0.2, 0) is 0 Å². The normalized spacial score (nSPS) is 12.4. The molecule has 1 nitrogen and oxygen atoms in total. The molecule has 0 aliphatic rings. The van der Waals surface area contributed by atoms with Crippen LogP contribution in [0.2, 0.25) is 0 Å². The van der Waals surface area contributed by atoms with Crippen LogP contribution in [0.25, 0.3) is 0 Å². The Morgan fingerprint density at radius 3 is 2.39 bits per heavy atom. The van der Waals surface area contributed by atoms with E-state index in [2.05, 4.69) is 62.0 Å². The van der Waals surface area contributed by atoms with E-state index in [1.165, 1.54) is 31.2 Å². The molecule has 0 saturated carbocycles. The first-order valence-corrected chi connectivity index (χ1v) is 8.00. The van der Waals surface area contributed by atoms with Crippen LogP contribution in [0.5, 0.6) is 0 Å². The predicted octanol–water partition coefficient (Wildman–Crippen LogP) is 5.61. The van der Waals surface area contributed by atoms with E-state index in [1.807, 2.05) is 13.1 Å². The number of halogens is 2. The Morgan fingerprint density at radius 1 is 1.17 bits per heavy atom. The number of allylic oxidation sites excluding steroid dienone is 1. The lowest BCUT2D eigenvalue weighted by molar-refractivity contribution is 0.507. The molecule has 0 saturated heterocycles. The van der Waals surface area contributed by atoms with Crippen LogP contribution in [0.15, 0.2) is 39.8 Å². The average molecular weight is 375 g/mol. The average Bonchev–Trinajstić information content (AvgIpc) is 2.32. The van der Waals surface area contributed by atoms with Crippen molar-refractivity contribution < 1.29 is 0 Å². The molecule has 1 rings (SSSR count). The second-order valence-electron chi connectivity index (χ2n) is 4.47. The molecule has 0 fully saturated rings. The summed E-state index contributed by atoms with van der Waals surface area (Å²) in [5.41, 5.74) is 1.34. The Labute approximate surface area is 127 Å². The van der Waals surface area contributed by atoms with Crippen LogP contribution in [0.1, 0.15) is 43.7 Å². The molecule has 0 spiro atoms. The van der Waals surface area contributed by atoms with Gasteiger partial charge in [0.15, 0.2) is 0 Å². The number of hydrogen-bond donors (Lipinski definition) is 1. The fourth-order valence-electron chi connectivity index (χ4n) is 2.07. The SMILES string of the molecule is C=CCCCCCC(NC)c1cc(Br)cc(Br)c1. The summed E-state index contributed by atoms with van der Waals surface area (Å²) < 4.78 is 2.25. The molecule has 0 aliphatic carbocycles. The Morgan fingerprint density at radius 2 is 1.83 bits per heavy atom. The zero-order valence-corrected chi connectivity index (χ0v) is 14.1. The maximum absolute atomic E-state index is 3.75. The van der Waals surface area contributed by atoms with Crippen LogP contribution < -0.4 is 5.32 Å². The lowest BCUT2D eigenvalue weighted by Crippen LogP contribution is -2.16. The van der Waals surface area contributed by atoms with Gasteiger partial charge in [-0.05, 0) is 50.1 Å². The highest BCUT2D eigenvalue weighted by atomic mass is 79.9. The molecule has 18 heavy (non-hydrogen) atoms. The maximum Gasteiger partial charge on any atom is 0.0318 e. The number of nitrogens with one attached hydrogen (secondary N) is 1. The Bertz CT molecular complexity index is 357. The first-order valence-electron chi connectivity index (χ1n) is 6.41. The smallest absolute Gasteiger partial charge is 0.0318 e. The summed E-state index contributed by atoms with van der Waals surface area (Å²) in [6.07, 6.45) is 8.09. The number of unbranched alkanes of at least 4 members (excludes halogenated alkanes) is 3. The predicted molar refractivity (Wildman–Crippen MR) is 86.9 cm³/mol. The van der Waals surface area contributed by atoms with E-state index in [0.29, 0.717) is 6.04 Å². The second-order valence-corrected chi connectivity index (χ2v) is 6.30. The summed E-state index contributed by atoms with van der Waals surface area (Å²) >= 11 is 7.09. The summed E-state index contributed by atoms with van der Waals surface area (Å²) in [7, 11) is 2.03.